The van der Waals surface area contributed by atoms with E-state index in [1.165, 1.54) is 6.34 Å². The first-order valence-electron chi connectivity index (χ1n) is 2.90. The van der Waals surface area contributed by atoms with Gasteiger partial charge in [0.05, 0.1) is 12.9 Å². The van der Waals surface area contributed by atoms with Crippen molar-refractivity contribution < 1.29 is 1.43 Å². The van der Waals surface area contributed by atoms with E-state index in [0.717, 1.165) is 13.1 Å². The van der Waals surface area contributed by atoms with Gasteiger partial charge in [-0.3, -0.25) is 10.8 Å². The molecule has 0 aromatic heterocycles. The summed E-state index contributed by atoms with van der Waals surface area (Å²) in [5.74, 6) is 0.483. The van der Waals surface area contributed by atoms with Crippen LogP contribution in [-0.4, -0.2) is 36.7 Å². The third-order valence-electron chi connectivity index (χ3n) is 1.32. The molecule has 1 saturated heterocycles. The van der Waals surface area contributed by atoms with Crippen molar-refractivity contribution in [1.29, 1.82) is 10.8 Å². The van der Waals surface area contributed by atoms with Gasteiger partial charge >= 0.3 is 0 Å². The summed E-state index contributed by atoms with van der Waals surface area (Å²) in [7, 11) is 0. The minimum Gasteiger partial charge on any atom is -0.319 e. The number of hydrogen-bond donors (Lipinski definition) is 3. The largest absolute Gasteiger partial charge is 0.319 e. The van der Waals surface area contributed by atoms with Gasteiger partial charge in [-0.15, -0.1) is 0 Å². The summed E-state index contributed by atoms with van der Waals surface area (Å²) < 4.78 is 0. The average Bonchev–Trinajstić information content (AvgIpc) is 1.89. The zero-order valence-corrected chi connectivity index (χ0v) is 5.15. The van der Waals surface area contributed by atoms with Gasteiger partial charge in [-0.1, -0.05) is 0 Å². The van der Waals surface area contributed by atoms with E-state index in [2.05, 4.69) is 5.32 Å². The minimum absolute atomic E-state index is 0. The molecule has 1 aliphatic heterocycles. The molecular formula is C5H12N4. The molecule has 1 fully saturated rings. The molecule has 4 heteroatoms. The van der Waals surface area contributed by atoms with Crippen LogP contribution in [0, 0.1) is 10.8 Å². The SMILES string of the molecule is N=CN1CCNCC1=N.[HH]. The van der Waals surface area contributed by atoms with E-state index in [4.69, 9.17) is 10.8 Å². The summed E-state index contributed by atoms with van der Waals surface area (Å²) in [6, 6.07) is 0. The number of hydrogen-bond acceptors (Lipinski definition) is 3. The molecule has 0 unspecified atom stereocenters. The summed E-state index contributed by atoms with van der Waals surface area (Å²) in [6.45, 7) is 2.22. The van der Waals surface area contributed by atoms with Gasteiger partial charge in [0.15, 0.2) is 0 Å². The van der Waals surface area contributed by atoms with Gasteiger partial charge in [0, 0.05) is 14.5 Å². The third kappa shape index (κ3) is 1.26. The number of amidine groups is 1. The van der Waals surface area contributed by atoms with Crippen LogP contribution in [0.4, 0.5) is 0 Å². The zero-order chi connectivity index (χ0) is 6.69. The third-order valence-corrected chi connectivity index (χ3v) is 1.32. The Morgan fingerprint density at radius 1 is 1.78 bits per heavy atom. The molecule has 0 aromatic carbocycles. The second-order valence-electron chi connectivity index (χ2n) is 1.95. The second-order valence-corrected chi connectivity index (χ2v) is 1.95. The molecule has 9 heavy (non-hydrogen) atoms. The lowest BCUT2D eigenvalue weighted by atomic mass is 10.4. The maximum absolute atomic E-state index is 7.26. The highest BCUT2D eigenvalue weighted by Gasteiger charge is 2.10. The summed E-state index contributed by atoms with van der Waals surface area (Å²) in [4.78, 5) is 1.62. The lowest BCUT2D eigenvalue weighted by Crippen LogP contribution is -2.46. The van der Waals surface area contributed by atoms with E-state index in [9.17, 15) is 0 Å². The number of rotatable bonds is 1. The van der Waals surface area contributed by atoms with E-state index >= 15 is 0 Å². The van der Waals surface area contributed by atoms with Crippen LogP contribution in [0.5, 0.6) is 0 Å². The molecule has 52 valence electrons. The van der Waals surface area contributed by atoms with Crippen LogP contribution in [0.15, 0.2) is 0 Å². The fraction of sp³-hybridized carbons (Fsp3) is 0.600. The molecule has 1 rings (SSSR count). The topological polar surface area (TPSA) is 63.0 Å². The van der Waals surface area contributed by atoms with Crippen LogP contribution in [0.2, 0.25) is 0 Å². The molecule has 1 heterocycles. The Labute approximate surface area is 55.4 Å². The van der Waals surface area contributed by atoms with Crippen molar-refractivity contribution in [2.45, 2.75) is 0 Å². The van der Waals surface area contributed by atoms with E-state index in [1.807, 2.05) is 0 Å². The van der Waals surface area contributed by atoms with Crippen molar-refractivity contribution in [1.82, 2.24) is 10.2 Å². The molecule has 4 nitrogen and oxygen atoms in total. The van der Waals surface area contributed by atoms with Crippen molar-refractivity contribution in [3.63, 3.8) is 0 Å². The van der Waals surface area contributed by atoms with Gasteiger partial charge in [-0.2, -0.15) is 0 Å². The summed E-state index contributed by atoms with van der Waals surface area (Å²) in [5.41, 5.74) is 0. The number of nitrogens with one attached hydrogen (secondary N) is 3. The van der Waals surface area contributed by atoms with Gasteiger partial charge in [-0.05, 0) is 0 Å². The van der Waals surface area contributed by atoms with Crippen LogP contribution in [-0.2, 0) is 0 Å². The highest BCUT2D eigenvalue weighted by molar-refractivity contribution is 5.90. The minimum atomic E-state index is 0. The van der Waals surface area contributed by atoms with Crippen molar-refractivity contribution in [2.24, 2.45) is 0 Å². The van der Waals surface area contributed by atoms with E-state index in [0.29, 0.717) is 12.4 Å². The molecule has 1 aliphatic rings. The summed E-state index contributed by atoms with van der Waals surface area (Å²) in [6.07, 6.45) is 1.20. The standard InChI is InChI=1S/C5H10N4.H2/c6-4-9-2-1-8-3-5(9)7;/h4,6-8H,1-3H2;1H. The Bertz CT molecular complexity index is 136. The van der Waals surface area contributed by atoms with Crippen LogP contribution >= 0.6 is 0 Å². The van der Waals surface area contributed by atoms with Crippen molar-refractivity contribution in [2.75, 3.05) is 19.6 Å². The van der Waals surface area contributed by atoms with E-state index in [1.54, 1.807) is 4.90 Å². The Morgan fingerprint density at radius 2 is 2.56 bits per heavy atom. The lowest BCUT2D eigenvalue weighted by molar-refractivity contribution is 0.522. The predicted molar refractivity (Wildman–Crippen MR) is 38.2 cm³/mol. The van der Waals surface area contributed by atoms with Gasteiger partial charge in [-0.25, -0.2) is 0 Å². The lowest BCUT2D eigenvalue weighted by Gasteiger charge is -2.24. The highest BCUT2D eigenvalue weighted by Crippen LogP contribution is 1.88. The second kappa shape index (κ2) is 2.59. The quantitative estimate of drug-likeness (QED) is 0.336. The Kier molecular flexibility index (Phi) is 1.79. The monoisotopic (exact) mass is 128 g/mol. The molecule has 0 spiro atoms. The molecule has 0 amide bonds. The number of nitrogens with zero attached hydrogens (tertiary/aromatic N) is 1. The smallest absolute Gasteiger partial charge is 0.115 e. The average molecular weight is 128 g/mol. The first kappa shape index (κ1) is 6.22. The fourth-order valence-corrected chi connectivity index (χ4v) is 0.785. The van der Waals surface area contributed by atoms with E-state index < -0.39 is 0 Å². The number of piperazine rings is 1. The van der Waals surface area contributed by atoms with Crippen LogP contribution in [0.1, 0.15) is 1.43 Å². The van der Waals surface area contributed by atoms with Crippen LogP contribution in [0.25, 0.3) is 0 Å². The maximum Gasteiger partial charge on any atom is 0.115 e. The zero-order valence-electron chi connectivity index (χ0n) is 5.15. The maximum atomic E-state index is 7.26. The first-order valence-corrected chi connectivity index (χ1v) is 2.90. The molecule has 0 saturated carbocycles. The van der Waals surface area contributed by atoms with Gasteiger partial charge in [0.2, 0.25) is 0 Å². The normalized spacial score (nSPS) is 20.0. The van der Waals surface area contributed by atoms with Crippen molar-refractivity contribution in [3.05, 3.63) is 0 Å². The molecule has 0 radical (unpaired) electrons. The summed E-state index contributed by atoms with van der Waals surface area (Å²) in [5, 5.41) is 17.1. The molecular weight excluding hydrogens is 116 g/mol. The molecule has 0 atom stereocenters. The van der Waals surface area contributed by atoms with Gasteiger partial charge in [0.25, 0.3) is 0 Å². The van der Waals surface area contributed by atoms with Crippen LogP contribution < -0.4 is 5.32 Å². The van der Waals surface area contributed by atoms with Crippen LogP contribution in [0.3, 0.4) is 0 Å². The predicted octanol–water partition coefficient (Wildman–Crippen LogP) is -0.278. The van der Waals surface area contributed by atoms with Gasteiger partial charge < -0.3 is 10.2 Å². The molecule has 3 N–H and O–H groups in total. The highest BCUT2D eigenvalue weighted by atomic mass is 15.2. The molecule has 0 aliphatic carbocycles. The van der Waals surface area contributed by atoms with Crippen molar-refractivity contribution in [3.8, 4) is 0 Å². The Balaban J connectivity index is 0.000000810. The summed E-state index contributed by atoms with van der Waals surface area (Å²) >= 11 is 0. The first-order chi connectivity index (χ1) is 4.34. The van der Waals surface area contributed by atoms with Crippen molar-refractivity contribution >= 4 is 12.2 Å². The van der Waals surface area contributed by atoms with Gasteiger partial charge in [0.1, 0.15) is 5.84 Å². The molecule has 0 bridgehead atoms. The molecule has 0 aromatic rings. The van der Waals surface area contributed by atoms with E-state index in [-0.39, 0.29) is 1.43 Å². The Hall–Kier alpha value is -0.900. The fourth-order valence-electron chi connectivity index (χ4n) is 0.785. The Morgan fingerprint density at radius 3 is 3.00 bits per heavy atom.